The first kappa shape index (κ1) is 11.7. The molecule has 1 N–H and O–H groups in total. The fourth-order valence-corrected chi connectivity index (χ4v) is 2.41. The van der Waals surface area contributed by atoms with Crippen LogP contribution < -0.4 is 5.32 Å². The summed E-state index contributed by atoms with van der Waals surface area (Å²) in [6, 6.07) is 6.55. The number of nitrogens with one attached hydrogen (secondary N) is 1. The van der Waals surface area contributed by atoms with E-state index in [1.807, 2.05) is 0 Å². The molecule has 0 amide bonds. The topological polar surface area (TPSA) is 12.0 Å². The van der Waals surface area contributed by atoms with Gasteiger partial charge >= 0.3 is 0 Å². The van der Waals surface area contributed by atoms with Crippen LogP contribution in [0.4, 0.5) is 0 Å². The molecular formula is C15H23N. The van der Waals surface area contributed by atoms with Gasteiger partial charge in [-0.2, -0.15) is 0 Å². The third kappa shape index (κ3) is 2.46. The predicted molar refractivity (Wildman–Crippen MR) is 69.6 cm³/mol. The van der Waals surface area contributed by atoms with Crippen molar-refractivity contribution in [2.75, 3.05) is 6.54 Å². The number of rotatable bonds is 5. The Morgan fingerprint density at radius 3 is 2.31 bits per heavy atom. The highest BCUT2D eigenvalue weighted by Gasteiger charge is 2.39. The van der Waals surface area contributed by atoms with E-state index in [-0.39, 0.29) is 0 Å². The normalized spacial score (nSPS) is 17.4. The van der Waals surface area contributed by atoms with Crippen molar-refractivity contribution in [2.45, 2.75) is 46.6 Å². The maximum atomic E-state index is 3.64. The average Bonchev–Trinajstić information content (AvgIpc) is 3.03. The second-order valence-corrected chi connectivity index (χ2v) is 5.33. The van der Waals surface area contributed by atoms with E-state index in [4.69, 9.17) is 0 Å². The molecule has 0 heterocycles. The summed E-state index contributed by atoms with van der Waals surface area (Å²) in [5, 5.41) is 3.64. The summed E-state index contributed by atoms with van der Waals surface area (Å²) in [7, 11) is 0. The Morgan fingerprint density at radius 2 is 1.81 bits per heavy atom. The third-order valence-electron chi connectivity index (χ3n) is 4.15. The van der Waals surface area contributed by atoms with Gasteiger partial charge in [-0.15, -0.1) is 0 Å². The zero-order valence-corrected chi connectivity index (χ0v) is 10.8. The SMILES string of the molecule is CCC1(CNCc2c(C)cccc2C)CC1. The lowest BCUT2D eigenvalue weighted by Crippen LogP contribution is -2.23. The van der Waals surface area contributed by atoms with E-state index in [0.29, 0.717) is 5.41 Å². The average molecular weight is 217 g/mol. The molecule has 0 aromatic heterocycles. The summed E-state index contributed by atoms with van der Waals surface area (Å²) in [6.45, 7) is 8.94. The molecule has 2 rings (SSSR count). The van der Waals surface area contributed by atoms with Crippen molar-refractivity contribution in [3.63, 3.8) is 0 Å². The molecule has 1 nitrogen and oxygen atoms in total. The number of benzene rings is 1. The van der Waals surface area contributed by atoms with Gasteiger partial charge < -0.3 is 5.32 Å². The van der Waals surface area contributed by atoms with Crippen molar-refractivity contribution >= 4 is 0 Å². The zero-order chi connectivity index (χ0) is 11.6. The molecular weight excluding hydrogens is 194 g/mol. The van der Waals surface area contributed by atoms with Crippen LogP contribution in [0, 0.1) is 19.3 Å². The van der Waals surface area contributed by atoms with Gasteiger partial charge in [-0.3, -0.25) is 0 Å². The fourth-order valence-electron chi connectivity index (χ4n) is 2.41. The molecule has 1 aliphatic carbocycles. The zero-order valence-electron chi connectivity index (χ0n) is 10.8. The molecule has 88 valence electrons. The van der Waals surface area contributed by atoms with Gasteiger partial charge in [-0.1, -0.05) is 25.1 Å². The second-order valence-electron chi connectivity index (χ2n) is 5.33. The van der Waals surface area contributed by atoms with Gasteiger partial charge in [0, 0.05) is 13.1 Å². The second kappa shape index (κ2) is 4.58. The van der Waals surface area contributed by atoms with E-state index in [1.165, 1.54) is 42.5 Å². The Hall–Kier alpha value is -0.820. The summed E-state index contributed by atoms with van der Waals surface area (Å²) in [4.78, 5) is 0. The lowest BCUT2D eigenvalue weighted by molar-refractivity contribution is 0.443. The standard InChI is InChI=1S/C15H23N/c1-4-15(8-9-15)11-16-10-14-12(2)6-5-7-13(14)3/h5-7,16H,4,8-11H2,1-3H3. The fraction of sp³-hybridized carbons (Fsp3) is 0.600. The number of aryl methyl sites for hydroxylation is 2. The van der Waals surface area contributed by atoms with Crippen molar-refractivity contribution in [2.24, 2.45) is 5.41 Å². The molecule has 1 fully saturated rings. The Labute approximate surface area is 99.3 Å². The van der Waals surface area contributed by atoms with Crippen LogP contribution in [-0.2, 0) is 6.54 Å². The van der Waals surface area contributed by atoms with Crippen LogP contribution in [0.5, 0.6) is 0 Å². The van der Waals surface area contributed by atoms with Crippen LogP contribution in [0.2, 0.25) is 0 Å². The molecule has 1 saturated carbocycles. The van der Waals surface area contributed by atoms with Crippen molar-refractivity contribution < 1.29 is 0 Å². The minimum absolute atomic E-state index is 0.649. The molecule has 1 aliphatic rings. The van der Waals surface area contributed by atoms with E-state index in [0.717, 1.165) is 6.54 Å². The Morgan fingerprint density at radius 1 is 1.19 bits per heavy atom. The van der Waals surface area contributed by atoms with Gasteiger partial charge in [0.15, 0.2) is 0 Å². The van der Waals surface area contributed by atoms with Crippen LogP contribution in [0.25, 0.3) is 0 Å². The summed E-state index contributed by atoms with van der Waals surface area (Å²) in [6.07, 6.45) is 4.17. The number of hydrogen-bond acceptors (Lipinski definition) is 1. The summed E-state index contributed by atoms with van der Waals surface area (Å²) in [5.41, 5.74) is 4.95. The summed E-state index contributed by atoms with van der Waals surface area (Å²) >= 11 is 0. The van der Waals surface area contributed by atoms with E-state index in [1.54, 1.807) is 0 Å². The Bertz CT molecular complexity index is 343. The molecule has 0 bridgehead atoms. The van der Waals surface area contributed by atoms with Crippen molar-refractivity contribution in [3.8, 4) is 0 Å². The first-order valence-corrected chi connectivity index (χ1v) is 6.43. The van der Waals surface area contributed by atoms with Crippen LogP contribution in [0.1, 0.15) is 42.9 Å². The summed E-state index contributed by atoms with van der Waals surface area (Å²) < 4.78 is 0. The monoisotopic (exact) mass is 217 g/mol. The molecule has 1 aromatic carbocycles. The lowest BCUT2D eigenvalue weighted by Gasteiger charge is -2.15. The molecule has 16 heavy (non-hydrogen) atoms. The quantitative estimate of drug-likeness (QED) is 0.795. The Kier molecular flexibility index (Phi) is 3.34. The van der Waals surface area contributed by atoms with Gasteiger partial charge in [0.1, 0.15) is 0 Å². The maximum absolute atomic E-state index is 3.64. The van der Waals surface area contributed by atoms with Crippen molar-refractivity contribution in [3.05, 3.63) is 34.9 Å². The van der Waals surface area contributed by atoms with E-state index in [2.05, 4.69) is 44.3 Å². The van der Waals surface area contributed by atoms with E-state index in [9.17, 15) is 0 Å². The molecule has 0 aliphatic heterocycles. The van der Waals surface area contributed by atoms with Gasteiger partial charge in [-0.25, -0.2) is 0 Å². The molecule has 0 atom stereocenters. The Balaban J connectivity index is 1.90. The van der Waals surface area contributed by atoms with Crippen LogP contribution in [0.15, 0.2) is 18.2 Å². The van der Waals surface area contributed by atoms with E-state index >= 15 is 0 Å². The van der Waals surface area contributed by atoms with Crippen molar-refractivity contribution in [1.82, 2.24) is 5.32 Å². The first-order valence-electron chi connectivity index (χ1n) is 6.43. The van der Waals surface area contributed by atoms with Crippen LogP contribution in [0.3, 0.4) is 0 Å². The van der Waals surface area contributed by atoms with Crippen LogP contribution >= 0.6 is 0 Å². The summed E-state index contributed by atoms with van der Waals surface area (Å²) in [5.74, 6) is 0. The first-order chi connectivity index (χ1) is 7.67. The molecule has 1 aromatic rings. The van der Waals surface area contributed by atoms with Gasteiger partial charge in [-0.05, 0) is 55.2 Å². The molecule has 1 heteroatoms. The molecule has 0 saturated heterocycles. The minimum Gasteiger partial charge on any atom is -0.312 e. The minimum atomic E-state index is 0.649. The highest BCUT2D eigenvalue weighted by Crippen LogP contribution is 2.47. The molecule has 0 spiro atoms. The van der Waals surface area contributed by atoms with Crippen molar-refractivity contribution in [1.29, 1.82) is 0 Å². The number of hydrogen-bond donors (Lipinski definition) is 1. The molecule has 0 unspecified atom stereocenters. The van der Waals surface area contributed by atoms with Gasteiger partial charge in [0.05, 0.1) is 0 Å². The van der Waals surface area contributed by atoms with E-state index < -0.39 is 0 Å². The van der Waals surface area contributed by atoms with Gasteiger partial charge in [0.2, 0.25) is 0 Å². The van der Waals surface area contributed by atoms with Crippen LogP contribution in [-0.4, -0.2) is 6.54 Å². The highest BCUT2D eigenvalue weighted by atomic mass is 14.9. The lowest BCUT2D eigenvalue weighted by atomic mass is 10.0. The highest BCUT2D eigenvalue weighted by molar-refractivity contribution is 5.33. The maximum Gasteiger partial charge on any atom is 0.0210 e. The van der Waals surface area contributed by atoms with Gasteiger partial charge in [0.25, 0.3) is 0 Å². The largest absolute Gasteiger partial charge is 0.312 e. The third-order valence-corrected chi connectivity index (χ3v) is 4.15. The smallest absolute Gasteiger partial charge is 0.0210 e. The predicted octanol–water partition coefficient (Wildman–Crippen LogP) is 3.58. The molecule has 0 radical (unpaired) electrons.